The van der Waals surface area contributed by atoms with Gasteiger partial charge in [-0.15, -0.1) is 0 Å². The van der Waals surface area contributed by atoms with E-state index in [0.29, 0.717) is 23.7 Å². The van der Waals surface area contributed by atoms with Gasteiger partial charge in [-0.2, -0.15) is 0 Å². The molecule has 3 rings (SSSR count). The standard InChI is InChI=1S/C22H19N3O4S/c26-20(13-12-17-9-6-14-28-17)23-22(30)25-24-21(27)18-10-4-5-11-19(18)29-15-16-7-2-1-3-8-16/h1-14H,15H2,(H,24,27)(H2,23,25,26,30). The van der Waals surface area contributed by atoms with Gasteiger partial charge in [-0.1, -0.05) is 42.5 Å². The van der Waals surface area contributed by atoms with Crippen molar-refractivity contribution in [1.29, 1.82) is 0 Å². The van der Waals surface area contributed by atoms with Crippen molar-refractivity contribution in [2.75, 3.05) is 0 Å². The number of thiocarbonyl (C=S) groups is 1. The largest absolute Gasteiger partial charge is 0.488 e. The lowest BCUT2D eigenvalue weighted by Crippen LogP contribution is -2.48. The summed E-state index contributed by atoms with van der Waals surface area (Å²) in [5.41, 5.74) is 6.25. The lowest BCUT2D eigenvalue weighted by molar-refractivity contribution is -0.115. The fraction of sp³-hybridized carbons (Fsp3) is 0.0455. The molecule has 0 aliphatic heterocycles. The van der Waals surface area contributed by atoms with Crippen LogP contribution in [-0.2, 0) is 11.4 Å². The molecule has 0 unspecified atom stereocenters. The highest BCUT2D eigenvalue weighted by atomic mass is 32.1. The van der Waals surface area contributed by atoms with E-state index < -0.39 is 11.8 Å². The Morgan fingerprint density at radius 2 is 1.73 bits per heavy atom. The monoisotopic (exact) mass is 421 g/mol. The van der Waals surface area contributed by atoms with E-state index in [1.165, 1.54) is 18.4 Å². The molecule has 0 aliphatic rings. The summed E-state index contributed by atoms with van der Waals surface area (Å²) in [6.45, 7) is 0.328. The summed E-state index contributed by atoms with van der Waals surface area (Å²) in [7, 11) is 0. The second-order valence-electron chi connectivity index (χ2n) is 6.02. The van der Waals surface area contributed by atoms with Gasteiger partial charge in [0.25, 0.3) is 5.91 Å². The zero-order valence-corrected chi connectivity index (χ0v) is 16.6. The number of para-hydroxylation sites is 1. The van der Waals surface area contributed by atoms with Crippen LogP contribution in [0.15, 0.2) is 83.5 Å². The number of furan rings is 1. The Bertz CT molecular complexity index is 1030. The highest BCUT2D eigenvalue weighted by molar-refractivity contribution is 7.80. The van der Waals surface area contributed by atoms with Gasteiger partial charge in [-0.25, -0.2) is 0 Å². The van der Waals surface area contributed by atoms with Gasteiger partial charge in [-0.3, -0.25) is 25.8 Å². The zero-order chi connectivity index (χ0) is 21.2. The first-order valence-electron chi connectivity index (χ1n) is 9.00. The summed E-state index contributed by atoms with van der Waals surface area (Å²) in [6.07, 6.45) is 4.26. The van der Waals surface area contributed by atoms with Crippen LogP contribution < -0.4 is 20.9 Å². The number of carbonyl (C=O) groups is 2. The van der Waals surface area contributed by atoms with Gasteiger partial charge >= 0.3 is 0 Å². The molecule has 0 aliphatic carbocycles. The molecule has 1 aromatic heterocycles. The van der Waals surface area contributed by atoms with Crippen LogP contribution >= 0.6 is 12.2 Å². The Hall–Kier alpha value is -3.91. The molecule has 152 valence electrons. The lowest BCUT2D eigenvalue weighted by atomic mass is 10.2. The number of rotatable bonds is 6. The molecule has 30 heavy (non-hydrogen) atoms. The molecule has 0 fully saturated rings. The summed E-state index contributed by atoms with van der Waals surface area (Å²) in [5.74, 6) is 0.0348. The van der Waals surface area contributed by atoms with Crippen LogP contribution in [0.2, 0.25) is 0 Å². The third-order valence-corrected chi connectivity index (χ3v) is 4.04. The zero-order valence-electron chi connectivity index (χ0n) is 15.8. The van der Waals surface area contributed by atoms with Crippen molar-refractivity contribution >= 4 is 35.2 Å². The summed E-state index contributed by atoms with van der Waals surface area (Å²) < 4.78 is 10.9. The number of nitrogens with one attached hydrogen (secondary N) is 3. The van der Waals surface area contributed by atoms with E-state index in [1.54, 1.807) is 36.4 Å². The van der Waals surface area contributed by atoms with Crippen LogP contribution in [0.1, 0.15) is 21.7 Å². The van der Waals surface area contributed by atoms with E-state index in [2.05, 4.69) is 16.2 Å². The van der Waals surface area contributed by atoms with Crippen molar-refractivity contribution in [1.82, 2.24) is 16.2 Å². The molecular formula is C22H19N3O4S. The summed E-state index contributed by atoms with van der Waals surface area (Å²) in [5, 5.41) is 2.36. The third kappa shape index (κ3) is 6.32. The van der Waals surface area contributed by atoms with E-state index >= 15 is 0 Å². The molecule has 2 amide bonds. The molecule has 3 N–H and O–H groups in total. The van der Waals surface area contributed by atoms with Crippen LogP contribution in [-0.4, -0.2) is 16.9 Å². The van der Waals surface area contributed by atoms with Crippen molar-refractivity contribution < 1.29 is 18.7 Å². The minimum Gasteiger partial charge on any atom is -0.488 e. The molecule has 0 saturated heterocycles. The summed E-state index contributed by atoms with van der Waals surface area (Å²) in [4.78, 5) is 24.3. The highest BCUT2D eigenvalue weighted by Crippen LogP contribution is 2.19. The maximum Gasteiger partial charge on any atom is 0.273 e. The maximum atomic E-state index is 12.5. The van der Waals surface area contributed by atoms with Gasteiger partial charge in [0.1, 0.15) is 18.1 Å². The number of amides is 2. The number of ether oxygens (including phenoxy) is 1. The number of carbonyl (C=O) groups excluding carboxylic acids is 2. The molecule has 0 radical (unpaired) electrons. The molecule has 3 aromatic rings. The number of benzene rings is 2. The molecule has 1 heterocycles. The fourth-order valence-electron chi connectivity index (χ4n) is 2.43. The Balaban J connectivity index is 1.50. The molecule has 8 heteroatoms. The van der Waals surface area contributed by atoms with Crippen molar-refractivity contribution in [3.05, 3.63) is 96.0 Å². The van der Waals surface area contributed by atoms with Crippen molar-refractivity contribution in [2.45, 2.75) is 6.61 Å². The van der Waals surface area contributed by atoms with E-state index in [-0.39, 0.29) is 5.11 Å². The smallest absolute Gasteiger partial charge is 0.273 e. The average Bonchev–Trinajstić information content (AvgIpc) is 3.29. The van der Waals surface area contributed by atoms with Gasteiger partial charge in [0.2, 0.25) is 5.91 Å². The van der Waals surface area contributed by atoms with Crippen molar-refractivity contribution in [3.8, 4) is 5.75 Å². The van der Waals surface area contributed by atoms with E-state index in [4.69, 9.17) is 21.4 Å². The van der Waals surface area contributed by atoms with E-state index in [1.807, 2.05) is 30.3 Å². The average molecular weight is 421 g/mol. The molecule has 0 bridgehead atoms. The summed E-state index contributed by atoms with van der Waals surface area (Å²) in [6, 6.07) is 19.9. The Morgan fingerprint density at radius 3 is 2.50 bits per heavy atom. The van der Waals surface area contributed by atoms with Crippen LogP contribution in [0.3, 0.4) is 0 Å². The number of hydrazine groups is 1. The van der Waals surface area contributed by atoms with Gasteiger partial charge in [0, 0.05) is 6.08 Å². The highest BCUT2D eigenvalue weighted by Gasteiger charge is 2.13. The lowest BCUT2D eigenvalue weighted by Gasteiger charge is -2.13. The second-order valence-corrected chi connectivity index (χ2v) is 6.42. The minimum absolute atomic E-state index is 0.0554. The van der Waals surface area contributed by atoms with Crippen LogP contribution in [0, 0.1) is 0 Å². The molecule has 7 nitrogen and oxygen atoms in total. The molecular weight excluding hydrogens is 402 g/mol. The molecule has 0 atom stereocenters. The Labute approximate surface area is 178 Å². The van der Waals surface area contributed by atoms with E-state index in [0.717, 1.165) is 5.56 Å². The van der Waals surface area contributed by atoms with Crippen molar-refractivity contribution in [2.24, 2.45) is 0 Å². The molecule has 0 spiro atoms. The predicted molar refractivity (Wildman–Crippen MR) is 116 cm³/mol. The van der Waals surface area contributed by atoms with Crippen LogP contribution in [0.5, 0.6) is 5.75 Å². The first-order valence-corrected chi connectivity index (χ1v) is 9.41. The summed E-state index contributed by atoms with van der Waals surface area (Å²) >= 11 is 5.01. The topological polar surface area (TPSA) is 92.6 Å². The molecule has 0 saturated carbocycles. The second kappa shape index (κ2) is 10.6. The first kappa shape index (κ1) is 20.8. The normalized spacial score (nSPS) is 10.4. The SMILES string of the molecule is O=C(C=Cc1ccco1)NC(=S)NNC(=O)c1ccccc1OCc1ccccc1. The fourth-order valence-corrected chi connectivity index (χ4v) is 2.58. The predicted octanol–water partition coefficient (Wildman–Crippen LogP) is 3.21. The van der Waals surface area contributed by atoms with Crippen LogP contribution in [0.25, 0.3) is 6.08 Å². The number of hydrogen-bond acceptors (Lipinski definition) is 5. The van der Waals surface area contributed by atoms with Crippen LogP contribution in [0.4, 0.5) is 0 Å². The Kier molecular flexibility index (Phi) is 7.34. The van der Waals surface area contributed by atoms with E-state index in [9.17, 15) is 9.59 Å². The van der Waals surface area contributed by atoms with Gasteiger partial charge in [-0.05, 0) is 48.1 Å². The quantitative estimate of drug-likeness (QED) is 0.322. The number of hydrogen-bond donors (Lipinski definition) is 3. The Morgan fingerprint density at radius 1 is 0.967 bits per heavy atom. The van der Waals surface area contributed by atoms with Crippen molar-refractivity contribution in [3.63, 3.8) is 0 Å². The first-order chi connectivity index (χ1) is 14.6. The van der Waals surface area contributed by atoms with Gasteiger partial charge in [0.15, 0.2) is 5.11 Å². The van der Waals surface area contributed by atoms with Gasteiger partial charge < -0.3 is 9.15 Å². The van der Waals surface area contributed by atoms with Gasteiger partial charge in [0.05, 0.1) is 11.8 Å². The molecule has 2 aromatic carbocycles. The maximum absolute atomic E-state index is 12.5. The third-order valence-electron chi connectivity index (χ3n) is 3.84. The minimum atomic E-state index is -0.468.